The van der Waals surface area contributed by atoms with Gasteiger partial charge in [-0.2, -0.15) is 0 Å². The Morgan fingerprint density at radius 1 is 1.03 bits per heavy atom. The number of benzene rings is 2. The third kappa shape index (κ3) is 6.62. The summed E-state index contributed by atoms with van der Waals surface area (Å²) < 4.78 is 0. The first-order valence-corrected chi connectivity index (χ1v) is 12.4. The van der Waals surface area contributed by atoms with E-state index in [1.807, 2.05) is 68.1 Å². The van der Waals surface area contributed by atoms with Gasteiger partial charge in [-0.1, -0.05) is 79.2 Å². The van der Waals surface area contributed by atoms with E-state index in [-0.39, 0.29) is 30.2 Å². The van der Waals surface area contributed by atoms with Gasteiger partial charge in [0.15, 0.2) is 0 Å². The van der Waals surface area contributed by atoms with Crippen LogP contribution in [-0.2, 0) is 9.59 Å². The second-order valence-electron chi connectivity index (χ2n) is 7.88. The molecule has 0 aliphatic rings. The molecule has 8 heteroatoms. The summed E-state index contributed by atoms with van der Waals surface area (Å²) in [6, 6.07) is 17.2. The molecule has 0 aliphatic carbocycles. The summed E-state index contributed by atoms with van der Waals surface area (Å²) in [5.74, 6) is -0.345. The van der Waals surface area contributed by atoms with Crippen molar-refractivity contribution in [1.29, 1.82) is 0 Å². The molecule has 2 aromatic carbocycles. The van der Waals surface area contributed by atoms with Gasteiger partial charge in [0.25, 0.3) is 0 Å². The lowest BCUT2D eigenvalue weighted by molar-refractivity contribution is -0.135. The van der Waals surface area contributed by atoms with Crippen LogP contribution in [0.1, 0.15) is 51.5 Å². The fourth-order valence-electron chi connectivity index (χ4n) is 3.59. The van der Waals surface area contributed by atoms with Crippen LogP contribution >= 0.6 is 22.9 Å². The summed E-state index contributed by atoms with van der Waals surface area (Å²) in [7, 11) is 0. The standard InChI is InChI=1S/C25H29ClN4O2S/c1-4-17(3)30(24(32)21(5-2)18-9-7-6-8-10-18)16-15-22(31)27-25-29-28-23(33-25)19-11-13-20(26)14-12-19/h6-14,17,21H,4-5,15-16H2,1-3H3,(H,27,29,31)/t17-,21+/m1/s1. The number of halogens is 1. The quantitative estimate of drug-likeness (QED) is 0.382. The predicted octanol–water partition coefficient (Wildman–Crippen LogP) is 6.01. The van der Waals surface area contributed by atoms with E-state index in [0.29, 0.717) is 28.1 Å². The van der Waals surface area contributed by atoms with Gasteiger partial charge < -0.3 is 10.2 Å². The Balaban J connectivity index is 1.63. The van der Waals surface area contributed by atoms with Crippen LogP contribution in [0.3, 0.4) is 0 Å². The second kappa shape index (κ2) is 11.9. The fourth-order valence-corrected chi connectivity index (χ4v) is 4.48. The van der Waals surface area contributed by atoms with Gasteiger partial charge in [-0.15, -0.1) is 10.2 Å². The Labute approximate surface area is 204 Å². The molecule has 0 radical (unpaired) electrons. The van der Waals surface area contributed by atoms with Crippen LogP contribution < -0.4 is 5.32 Å². The zero-order valence-electron chi connectivity index (χ0n) is 19.1. The highest BCUT2D eigenvalue weighted by Gasteiger charge is 2.27. The van der Waals surface area contributed by atoms with Crippen molar-refractivity contribution < 1.29 is 9.59 Å². The average Bonchev–Trinajstić information content (AvgIpc) is 3.29. The van der Waals surface area contributed by atoms with Crippen LogP contribution in [0.4, 0.5) is 5.13 Å². The Kier molecular flexibility index (Phi) is 8.97. The van der Waals surface area contributed by atoms with Gasteiger partial charge >= 0.3 is 0 Å². The number of anilines is 1. The molecule has 0 aliphatic heterocycles. The zero-order chi connectivity index (χ0) is 23.8. The molecule has 33 heavy (non-hydrogen) atoms. The number of aromatic nitrogens is 2. The van der Waals surface area contributed by atoms with Gasteiger partial charge in [0.1, 0.15) is 5.01 Å². The number of carbonyl (C=O) groups is 2. The first-order chi connectivity index (χ1) is 15.9. The summed E-state index contributed by atoms with van der Waals surface area (Å²) in [6.07, 6.45) is 1.72. The summed E-state index contributed by atoms with van der Waals surface area (Å²) in [5, 5.41) is 12.8. The predicted molar refractivity (Wildman–Crippen MR) is 135 cm³/mol. The van der Waals surface area contributed by atoms with E-state index in [4.69, 9.17) is 11.6 Å². The Morgan fingerprint density at radius 3 is 2.36 bits per heavy atom. The molecule has 3 rings (SSSR count). The van der Waals surface area contributed by atoms with Crippen LogP contribution in [0, 0.1) is 0 Å². The van der Waals surface area contributed by atoms with Crippen LogP contribution in [-0.4, -0.2) is 39.5 Å². The molecular weight excluding hydrogens is 456 g/mol. The van der Waals surface area contributed by atoms with E-state index in [1.54, 1.807) is 12.1 Å². The van der Waals surface area contributed by atoms with E-state index in [9.17, 15) is 9.59 Å². The molecule has 1 N–H and O–H groups in total. The Hall–Kier alpha value is -2.77. The number of nitrogens with one attached hydrogen (secondary N) is 1. The maximum Gasteiger partial charge on any atom is 0.230 e. The monoisotopic (exact) mass is 484 g/mol. The van der Waals surface area contributed by atoms with E-state index in [0.717, 1.165) is 17.5 Å². The number of nitrogens with zero attached hydrogens (tertiary/aromatic N) is 3. The van der Waals surface area contributed by atoms with Gasteiger partial charge in [0.2, 0.25) is 16.9 Å². The lowest BCUT2D eigenvalue weighted by Gasteiger charge is -2.32. The van der Waals surface area contributed by atoms with Crippen LogP contribution in [0.25, 0.3) is 10.6 Å². The maximum absolute atomic E-state index is 13.4. The van der Waals surface area contributed by atoms with Crippen molar-refractivity contribution in [3.63, 3.8) is 0 Å². The third-order valence-electron chi connectivity index (χ3n) is 5.66. The number of amides is 2. The van der Waals surface area contributed by atoms with Crippen molar-refractivity contribution in [1.82, 2.24) is 15.1 Å². The molecule has 0 unspecified atom stereocenters. The van der Waals surface area contributed by atoms with Gasteiger partial charge in [-0.3, -0.25) is 9.59 Å². The minimum Gasteiger partial charge on any atom is -0.339 e. The summed E-state index contributed by atoms with van der Waals surface area (Å²) in [6.45, 7) is 6.45. The molecule has 2 atom stereocenters. The molecule has 174 valence electrons. The lowest BCUT2D eigenvalue weighted by atomic mass is 9.94. The summed E-state index contributed by atoms with van der Waals surface area (Å²) in [5.41, 5.74) is 1.89. The van der Waals surface area contributed by atoms with Crippen molar-refractivity contribution in [3.8, 4) is 10.6 Å². The molecule has 6 nitrogen and oxygen atoms in total. The molecule has 0 saturated heterocycles. The van der Waals surface area contributed by atoms with Crippen molar-refractivity contribution in [3.05, 3.63) is 65.2 Å². The summed E-state index contributed by atoms with van der Waals surface area (Å²) >= 11 is 7.23. The highest BCUT2D eigenvalue weighted by molar-refractivity contribution is 7.18. The van der Waals surface area contributed by atoms with Gasteiger partial charge in [-0.25, -0.2) is 0 Å². The lowest BCUT2D eigenvalue weighted by Crippen LogP contribution is -2.42. The van der Waals surface area contributed by atoms with E-state index >= 15 is 0 Å². The number of hydrogen-bond acceptors (Lipinski definition) is 5. The minimum absolute atomic E-state index is 0.0427. The molecule has 0 fully saturated rings. The molecule has 3 aromatic rings. The van der Waals surface area contributed by atoms with Crippen molar-refractivity contribution in [2.24, 2.45) is 0 Å². The third-order valence-corrected chi connectivity index (χ3v) is 6.80. The van der Waals surface area contributed by atoms with Gasteiger partial charge in [0, 0.05) is 29.6 Å². The van der Waals surface area contributed by atoms with E-state index in [1.165, 1.54) is 11.3 Å². The molecule has 0 saturated carbocycles. The topological polar surface area (TPSA) is 75.2 Å². The normalized spacial score (nSPS) is 12.7. The second-order valence-corrected chi connectivity index (χ2v) is 9.29. The fraction of sp³-hybridized carbons (Fsp3) is 0.360. The molecule has 0 bridgehead atoms. The molecule has 2 amide bonds. The number of carbonyl (C=O) groups excluding carboxylic acids is 2. The van der Waals surface area contributed by atoms with Crippen LogP contribution in [0.5, 0.6) is 0 Å². The Bertz CT molecular complexity index is 1060. The van der Waals surface area contributed by atoms with Crippen molar-refractivity contribution in [2.75, 3.05) is 11.9 Å². The van der Waals surface area contributed by atoms with Gasteiger partial charge in [-0.05, 0) is 37.5 Å². The molecular formula is C25H29ClN4O2S. The van der Waals surface area contributed by atoms with Crippen LogP contribution in [0.2, 0.25) is 5.02 Å². The maximum atomic E-state index is 13.4. The smallest absolute Gasteiger partial charge is 0.230 e. The number of hydrogen-bond donors (Lipinski definition) is 1. The van der Waals surface area contributed by atoms with E-state index in [2.05, 4.69) is 15.5 Å². The highest BCUT2D eigenvalue weighted by atomic mass is 35.5. The van der Waals surface area contributed by atoms with Crippen molar-refractivity contribution in [2.45, 2.75) is 52.0 Å². The SMILES string of the molecule is CC[C@H](C(=O)N(CCC(=O)Nc1nnc(-c2ccc(Cl)cc2)s1)[C@H](C)CC)c1ccccc1. The first-order valence-electron chi connectivity index (χ1n) is 11.2. The van der Waals surface area contributed by atoms with Crippen molar-refractivity contribution >= 4 is 39.9 Å². The molecule has 1 aromatic heterocycles. The minimum atomic E-state index is -0.214. The first kappa shape index (κ1) is 24.9. The zero-order valence-corrected chi connectivity index (χ0v) is 20.7. The number of rotatable bonds is 10. The van der Waals surface area contributed by atoms with E-state index < -0.39 is 0 Å². The molecule has 1 heterocycles. The molecule has 0 spiro atoms. The average molecular weight is 485 g/mol. The Morgan fingerprint density at radius 2 is 1.73 bits per heavy atom. The van der Waals surface area contributed by atoms with Gasteiger partial charge in [0.05, 0.1) is 5.92 Å². The largest absolute Gasteiger partial charge is 0.339 e. The van der Waals surface area contributed by atoms with Crippen LogP contribution in [0.15, 0.2) is 54.6 Å². The highest BCUT2D eigenvalue weighted by Crippen LogP contribution is 2.28. The summed E-state index contributed by atoms with van der Waals surface area (Å²) in [4.78, 5) is 27.9.